The van der Waals surface area contributed by atoms with Crippen LogP contribution in [0.4, 0.5) is 5.69 Å². The molecule has 0 bridgehead atoms. The van der Waals surface area contributed by atoms with E-state index in [9.17, 15) is 8.42 Å². The first kappa shape index (κ1) is 22.2. The Balaban J connectivity index is 1.61. The highest BCUT2D eigenvalue weighted by Gasteiger charge is 2.27. The third-order valence-corrected chi connectivity index (χ3v) is 8.31. The van der Waals surface area contributed by atoms with Crippen molar-refractivity contribution in [3.8, 4) is 0 Å². The van der Waals surface area contributed by atoms with E-state index in [2.05, 4.69) is 41.1 Å². The zero-order valence-electron chi connectivity index (χ0n) is 17.7. The van der Waals surface area contributed by atoms with Crippen molar-refractivity contribution in [1.29, 1.82) is 0 Å². The van der Waals surface area contributed by atoms with Crippen LogP contribution >= 0.6 is 0 Å². The minimum Gasteiger partial charge on any atom is -0.369 e. The summed E-state index contributed by atoms with van der Waals surface area (Å²) in [5.74, 6) is 0.324. The number of sulfone groups is 1. The van der Waals surface area contributed by atoms with Crippen LogP contribution in [0.2, 0.25) is 0 Å². The normalized spacial score (nSPS) is 16.7. The number of rotatable bonds is 9. The molecule has 0 unspecified atom stereocenters. The van der Waals surface area contributed by atoms with Gasteiger partial charge in [0.25, 0.3) is 0 Å². The van der Waals surface area contributed by atoms with Crippen LogP contribution in [0, 0.1) is 0 Å². The van der Waals surface area contributed by atoms with Gasteiger partial charge in [-0.3, -0.25) is 0 Å². The molecule has 0 radical (unpaired) electrons. The van der Waals surface area contributed by atoms with Crippen LogP contribution in [-0.4, -0.2) is 57.0 Å². The lowest BCUT2D eigenvalue weighted by atomic mass is 10.0. The smallest absolute Gasteiger partial charge is 0.155 e. The number of piperazine rings is 1. The van der Waals surface area contributed by atoms with Crippen molar-refractivity contribution in [1.82, 2.24) is 4.90 Å². The first-order valence-electron chi connectivity index (χ1n) is 10.4. The fourth-order valence-corrected chi connectivity index (χ4v) is 4.59. The summed E-state index contributed by atoms with van der Waals surface area (Å²) in [6.45, 7) is 9.87. The van der Waals surface area contributed by atoms with Crippen molar-refractivity contribution in [2.75, 3.05) is 43.9 Å². The van der Waals surface area contributed by atoms with Crippen molar-refractivity contribution in [2.24, 2.45) is 0 Å². The summed E-state index contributed by atoms with van der Waals surface area (Å²) in [7, 11) is -0.772. The van der Waals surface area contributed by atoms with Gasteiger partial charge in [-0.25, -0.2) is 8.42 Å². The van der Waals surface area contributed by atoms with Crippen molar-refractivity contribution < 1.29 is 8.42 Å². The molecule has 0 aromatic heterocycles. The maximum Gasteiger partial charge on any atom is 0.155 e. The Morgan fingerprint density at radius 3 is 2.00 bits per heavy atom. The molecule has 0 saturated carbocycles. The lowest BCUT2D eigenvalue weighted by Crippen LogP contribution is -2.44. The van der Waals surface area contributed by atoms with Crippen LogP contribution in [0.1, 0.15) is 58.4 Å². The van der Waals surface area contributed by atoms with Crippen molar-refractivity contribution in [3.05, 3.63) is 29.8 Å². The Hall–Kier alpha value is -1.07. The maximum atomic E-state index is 12.1. The van der Waals surface area contributed by atoms with Gasteiger partial charge in [0.1, 0.15) is 0 Å². The van der Waals surface area contributed by atoms with E-state index in [0.29, 0.717) is 5.75 Å². The van der Waals surface area contributed by atoms with Gasteiger partial charge >= 0.3 is 0 Å². The first-order chi connectivity index (χ1) is 12.7. The second-order valence-electron chi connectivity index (χ2n) is 8.91. The van der Waals surface area contributed by atoms with Crippen LogP contribution in [0.25, 0.3) is 0 Å². The molecule has 1 aromatic rings. The van der Waals surface area contributed by atoms with Gasteiger partial charge in [0, 0.05) is 31.9 Å². The Morgan fingerprint density at radius 2 is 1.41 bits per heavy atom. The van der Waals surface area contributed by atoms with Crippen LogP contribution in [0.15, 0.2) is 24.3 Å². The topological polar surface area (TPSA) is 40.6 Å². The zero-order valence-corrected chi connectivity index (χ0v) is 18.5. The minimum atomic E-state index is -2.96. The Morgan fingerprint density at radius 1 is 0.852 bits per heavy atom. The predicted molar refractivity (Wildman–Crippen MR) is 116 cm³/mol. The van der Waals surface area contributed by atoms with Crippen molar-refractivity contribution in [2.45, 2.75) is 64.0 Å². The Kier molecular flexibility index (Phi) is 8.17. The molecule has 1 aliphatic heterocycles. The molecule has 1 saturated heterocycles. The number of aryl methyl sites for hydroxylation is 1. The fraction of sp³-hybridized carbons (Fsp3) is 0.727. The average Bonchev–Trinajstić information content (AvgIpc) is 2.61. The van der Waals surface area contributed by atoms with Gasteiger partial charge in [-0.05, 0) is 64.8 Å². The molecule has 27 heavy (non-hydrogen) atoms. The summed E-state index contributed by atoms with van der Waals surface area (Å²) < 4.78 is 23.5. The van der Waals surface area contributed by atoms with E-state index in [-0.39, 0.29) is 0 Å². The molecule has 0 spiro atoms. The van der Waals surface area contributed by atoms with Crippen LogP contribution in [-0.2, 0) is 16.3 Å². The third-order valence-electron chi connectivity index (χ3n) is 5.62. The van der Waals surface area contributed by atoms with Gasteiger partial charge in [-0.1, -0.05) is 31.4 Å². The van der Waals surface area contributed by atoms with Crippen LogP contribution < -0.4 is 4.90 Å². The summed E-state index contributed by atoms with van der Waals surface area (Å²) >= 11 is 0. The van der Waals surface area contributed by atoms with Crippen LogP contribution in [0.3, 0.4) is 0 Å². The van der Waals surface area contributed by atoms with Crippen molar-refractivity contribution in [3.63, 3.8) is 0 Å². The van der Waals surface area contributed by atoms with E-state index in [0.717, 1.165) is 51.9 Å². The third kappa shape index (κ3) is 7.11. The highest BCUT2D eigenvalue weighted by atomic mass is 32.2. The minimum absolute atomic E-state index is 0.324. The number of likely N-dealkylation sites (N-methyl/N-ethyl adjacent to an activating group) is 1. The van der Waals surface area contributed by atoms with Gasteiger partial charge in [-0.2, -0.15) is 0 Å². The van der Waals surface area contributed by atoms with Gasteiger partial charge in [0.05, 0.1) is 10.5 Å². The molecule has 5 heteroatoms. The van der Waals surface area contributed by atoms with E-state index in [1.54, 1.807) is 20.8 Å². The highest BCUT2D eigenvalue weighted by Crippen LogP contribution is 2.20. The summed E-state index contributed by atoms with van der Waals surface area (Å²) in [5.41, 5.74) is 2.75. The molecule has 154 valence electrons. The van der Waals surface area contributed by atoms with E-state index in [1.807, 2.05) is 0 Å². The number of hydrogen-bond acceptors (Lipinski definition) is 4. The molecule has 1 aliphatic rings. The van der Waals surface area contributed by atoms with Crippen LogP contribution in [0.5, 0.6) is 0 Å². The van der Waals surface area contributed by atoms with E-state index in [4.69, 9.17) is 0 Å². The highest BCUT2D eigenvalue weighted by molar-refractivity contribution is 7.92. The molecule has 2 rings (SSSR count). The number of hydrogen-bond donors (Lipinski definition) is 0. The van der Waals surface area contributed by atoms with Gasteiger partial charge in [0.2, 0.25) is 0 Å². The molecular weight excluding hydrogens is 356 g/mol. The summed E-state index contributed by atoms with van der Waals surface area (Å²) in [4.78, 5) is 4.85. The largest absolute Gasteiger partial charge is 0.369 e. The average molecular weight is 395 g/mol. The Bertz CT molecular complexity index is 655. The molecule has 0 N–H and O–H groups in total. The predicted octanol–water partition coefficient (Wildman–Crippen LogP) is 4.14. The lowest BCUT2D eigenvalue weighted by molar-refractivity contribution is 0.313. The SMILES string of the molecule is CN1CCN(c2ccc(CCCCCCCS(=O)(=O)C(C)(C)C)cc2)CC1. The molecule has 0 atom stereocenters. The van der Waals surface area contributed by atoms with Gasteiger partial charge in [-0.15, -0.1) is 0 Å². The molecule has 1 heterocycles. The summed E-state index contributed by atoms with van der Waals surface area (Å²) in [6.07, 6.45) is 6.40. The number of unbranched alkanes of at least 4 members (excludes halogenated alkanes) is 4. The quantitative estimate of drug-likeness (QED) is 0.590. The lowest BCUT2D eigenvalue weighted by Gasteiger charge is -2.34. The van der Waals surface area contributed by atoms with E-state index >= 15 is 0 Å². The second-order valence-corrected chi connectivity index (χ2v) is 11.8. The standard InChI is InChI=1S/C22H38N2O2S/c1-22(2,3)27(25,26)19-9-7-5-6-8-10-20-11-13-21(14-12-20)24-17-15-23(4)16-18-24/h11-14H,5-10,15-19H2,1-4H3. The molecular formula is C22H38N2O2S. The maximum absolute atomic E-state index is 12.1. The van der Waals surface area contributed by atoms with Crippen molar-refractivity contribution >= 4 is 15.5 Å². The summed E-state index contributed by atoms with van der Waals surface area (Å²) in [5, 5.41) is 0. The Labute approximate surface area is 166 Å². The van der Waals surface area contributed by atoms with Gasteiger partial charge < -0.3 is 9.80 Å². The van der Waals surface area contributed by atoms with E-state index in [1.165, 1.54) is 24.1 Å². The fourth-order valence-electron chi connectivity index (χ4n) is 3.40. The zero-order chi connectivity index (χ0) is 19.9. The molecule has 0 amide bonds. The van der Waals surface area contributed by atoms with E-state index < -0.39 is 14.6 Å². The number of benzene rings is 1. The first-order valence-corrected chi connectivity index (χ1v) is 12.1. The molecule has 1 aromatic carbocycles. The second kappa shape index (κ2) is 9.92. The van der Waals surface area contributed by atoms with Gasteiger partial charge in [0.15, 0.2) is 9.84 Å². The summed E-state index contributed by atoms with van der Waals surface area (Å²) in [6, 6.07) is 9.06. The number of anilines is 1. The molecule has 1 fully saturated rings. The molecule has 0 aliphatic carbocycles. The monoisotopic (exact) mass is 394 g/mol. The molecule has 4 nitrogen and oxygen atoms in total. The number of nitrogens with zero attached hydrogens (tertiary/aromatic N) is 2.